The molecule has 0 amide bonds. The molecule has 0 saturated carbocycles. The van der Waals surface area contributed by atoms with Crippen LogP contribution in [0.2, 0.25) is 19.6 Å². The number of hydrogen-bond donors (Lipinski definition) is 0. The molecule has 0 spiro atoms. The molecule has 0 N–H and O–H groups in total. The molecule has 0 fully saturated rings. The summed E-state index contributed by atoms with van der Waals surface area (Å²) in [5.74, 6) is -0.571. The minimum atomic E-state index is -1.96. The van der Waals surface area contributed by atoms with Crippen molar-refractivity contribution in [3.8, 4) is 0 Å². The number of carbonyl (C=O) groups is 2. The molecule has 0 bridgehead atoms. The summed E-state index contributed by atoms with van der Waals surface area (Å²) >= 11 is 0. The van der Waals surface area contributed by atoms with Crippen molar-refractivity contribution < 1.29 is 18.8 Å². The zero-order valence-corrected chi connectivity index (χ0v) is 13.5. The Labute approximate surface area is 120 Å². The normalized spacial score (nSPS) is 12.4. The van der Waals surface area contributed by atoms with Crippen LogP contribution in [0.3, 0.4) is 0 Å². The first-order valence-corrected chi connectivity index (χ1v) is 9.79. The standard InChI is InChI=1S/C15H20O4Si/c1-11(16)14(18-12(2)17)15(19-20(3,4)5)13-9-7-6-8-10-13/h6-10H,1-5H3/b15-14-. The van der Waals surface area contributed by atoms with E-state index in [4.69, 9.17) is 9.16 Å². The monoisotopic (exact) mass is 292 g/mol. The second kappa shape index (κ2) is 6.52. The lowest BCUT2D eigenvalue weighted by Crippen LogP contribution is -2.26. The number of allylic oxidation sites excluding steroid dienone is 1. The Bertz CT molecular complexity index is 527. The number of Topliss-reactive ketones (excluding diaryl/α,β-unsaturated/α-hetero) is 1. The fourth-order valence-electron chi connectivity index (χ4n) is 1.55. The Morgan fingerprint density at radius 3 is 1.95 bits per heavy atom. The molecule has 5 heteroatoms. The Balaban J connectivity index is 3.40. The van der Waals surface area contributed by atoms with E-state index < -0.39 is 14.3 Å². The molecule has 20 heavy (non-hydrogen) atoms. The summed E-state index contributed by atoms with van der Waals surface area (Å²) in [6.07, 6.45) is 0. The predicted molar refractivity (Wildman–Crippen MR) is 80.2 cm³/mol. The van der Waals surface area contributed by atoms with Crippen LogP contribution in [0.5, 0.6) is 0 Å². The van der Waals surface area contributed by atoms with Crippen molar-refractivity contribution in [2.75, 3.05) is 0 Å². The highest BCUT2D eigenvalue weighted by Crippen LogP contribution is 2.26. The third kappa shape index (κ3) is 5.01. The van der Waals surface area contributed by atoms with Gasteiger partial charge in [-0.3, -0.25) is 9.59 Å². The lowest BCUT2D eigenvalue weighted by atomic mass is 10.1. The Kier molecular flexibility index (Phi) is 5.27. The van der Waals surface area contributed by atoms with Crippen LogP contribution in [-0.2, 0) is 18.8 Å². The van der Waals surface area contributed by atoms with E-state index in [2.05, 4.69) is 0 Å². The van der Waals surface area contributed by atoms with Gasteiger partial charge in [0.15, 0.2) is 11.5 Å². The Morgan fingerprint density at radius 1 is 1.00 bits per heavy atom. The van der Waals surface area contributed by atoms with Gasteiger partial charge in [-0.25, -0.2) is 0 Å². The van der Waals surface area contributed by atoms with Gasteiger partial charge in [-0.1, -0.05) is 30.3 Å². The van der Waals surface area contributed by atoms with E-state index in [-0.39, 0.29) is 11.5 Å². The number of rotatable bonds is 5. The molecule has 4 nitrogen and oxygen atoms in total. The molecule has 1 aromatic rings. The van der Waals surface area contributed by atoms with Gasteiger partial charge < -0.3 is 9.16 Å². The molecule has 0 atom stereocenters. The second-order valence-corrected chi connectivity index (χ2v) is 9.82. The maximum Gasteiger partial charge on any atom is 0.308 e. The minimum absolute atomic E-state index is 0.0360. The summed E-state index contributed by atoms with van der Waals surface area (Å²) < 4.78 is 11.0. The lowest BCUT2D eigenvalue weighted by molar-refractivity contribution is -0.140. The third-order valence-electron chi connectivity index (χ3n) is 2.22. The van der Waals surface area contributed by atoms with Crippen LogP contribution in [-0.4, -0.2) is 20.1 Å². The Hall–Kier alpha value is -1.88. The third-order valence-corrected chi connectivity index (χ3v) is 3.03. The smallest absolute Gasteiger partial charge is 0.308 e. The first-order valence-electron chi connectivity index (χ1n) is 6.39. The molecule has 0 unspecified atom stereocenters. The first kappa shape index (κ1) is 16.2. The molecule has 1 rings (SSSR count). The first-order chi connectivity index (χ1) is 9.20. The van der Waals surface area contributed by atoms with Crippen LogP contribution in [0, 0.1) is 0 Å². The van der Waals surface area contributed by atoms with Crippen molar-refractivity contribution in [3.63, 3.8) is 0 Å². The summed E-state index contributed by atoms with van der Waals surface area (Å²) in [5.41, 5.74) is 0.723. The van der Waals surface area contributed by atoms with Crippen molar-refractivity contribution in [1.29, 1.82) is 0 Å². The van der Waals surface area contributed by atoms with E-state index in [9.17, 15) is 9.59 Å². The van der Waals surface area contributed by atoms with Crippen LogP contribution in [0.25, 0.3) is 5.76 Å². The number of ether oxygens (including phenoxy) is 1. The molecule has 0 saturated heterocycles. The van der Waals surface area contributed by atoms with Crippen LogP contribution in [0.1, 0.15) is 19.4 Å². The van der Waals surface area contributed by atoms with Gasteiger partial charge in [0.05, 0.1) is 0 Å². The van der Waals surface area contributed by atoms with Crippen molar-refractivity contribution >= 4 is 25.8 Å². The van der Waals surface area contributed by atoms with Gasteiger partial charge >= 0.3 is 5.97 Å². The topological polar surface area (TPSA) is 52.6 Å². The average Bonchev–Trinajstić information content (AvgIpc) is 2.33. The van der Waals surface area contributed by atoms with Crippen molar-refractivity contribution in [2.24, 2.45) is 0 Å². The highest BCUT2D eigenvalue weighted by atomic mass is 28.4. The number of carbonyl (C=O) groups excluding carboxylic acids is 2. The van der Waals surface area contributed by atoms with Gasteiger partial charge in [0, 0.05) is 19.4 Å². The summed E-state index contributed by atoms with van der Waals surface area (Å²) in [5, 5.41) is 0. The van der Waals surface area contributed by atoms with Crippen LogP contribution in [0.4, 0.5) is 0 Å². The number of esters is 1. The number of hydrogen-bond acceptors (Lipinski definition) is 4. The van der Waals surface area contributed by atoms with Gasteiger partial charge in [-0.2, -0.15) is 0 Å². The fourth-order valence-corrected chi connectivity index (χ4v) is 2.38. The summed E-state index contributed by atoms with van der Waals surface area (Å²) in [4.78, 5) is 23.0. The minimum Gasteiger partial charge on any atom is -0.541 e. The van der Waals surface area contributed by atoms with Gasteiger partial charge in [-0.05, 0) is 19.6 Å². The van der Waals surface area contributed by atoms with Crippen molar-refractivity contribution in [1.82, 2.24) is 0 Å². The van der Waals surface area contributed by atoms with E-state index in [1.165, 1.54) is 13.8 Å². The summed E-state index contributed by atoms with van der Waals surface area (Å²) in [7, 11) is -1.96. The molecular formula is C15H20O4Si. The molecule has 1 aromatic carbocycles. The molecule has 0 aromatic heterocycles. The fraction of sp³-hybridized carbons (Fsp3) is 0.333. The molecule has 0 aliphatic rings. The predicted octanol–water partition coefficient (Wildman–Crippen LogP) is 3.36. The van der Waals surface area contributed by atoms with Crippen molar-refractivity contribution in [3.05, 3.63) is 41.7 Å². The van der Waals surface area contributed by atoms with Crippen molar-refractivity contribution in [2.45, 2.75) is 33.5 Å². The molecule has 108 valence electrons. The van der Waals surface area contributed by atoms with Gasteiger partial charge in [0.25, 0.3) is 0 Å². The quantitative estimate of drug-likeness (QED) is 0.361. The van der Waals surface area contributed by atoms with E-state index in [0.717, 1.165) is 5.56 Å². The van der Waals surface area contributed by atoms with Crippen LogP contribution in [0.15, 0.2) is 36.1 Å². The van der Waals surface area contributed by atoms with Crippen LogP contribution < -0.4 is 0 Å². The molecule has 0 radical (unpaired) electrons. The van der Waals surface area contributed by atoms with E-state index >= 15 is 0 Å². The summed E-state index contributed by atoms with van der Waals surface area (Å²) in [6, 6.07) is 9.20. The largest absolute Gasteiger partial charge is 0.541 e. The van der Waals surface area contributed by atoms with E-state index in [0.29, 0.717) is 5.76 Å². The summed E-state index contributed by atoms with van der Waals surface area (Å²) in [6.45, 7) is 8.62. The maximum atomic E-state index is 11.8. The van der Waals surface area contributed by atoms with Gasteiger partial charge in [0.1, 0.15) is 0 Å². The van der Waals surface area contributed by atoms with E-state index in [1.807, 2.05) is 50.0 Å². The zero-order chi connectivity index (χ0) is 15.3. The Morgan fingerprint density at radius 2 is 1.55 bits per heavy atom. The second-order valence-electron chi connectivity index (χ2n) is 5.39. The van der Waals surface area contributed by atoms with Gasteiger partial charge in [-0.15, -0.1) is 0 Å². The van der Waals surface area contributed by atoms with Gasteiger partial charge in [0.2, 0.25) is 14.1 Å². The highest BCUT2D eigenvalue weighted by Gasteiger charge is 2.25. The highest BCUT2D eigenvalue weighted by molar-refractivity contribution is 6.70. The zero-order valence-electron chi connectivity index (χ0n) is 12.5. The molecule has 0 aliphatic heterocycles. The number of benzene rings is 1. The number of ketones is 1. The SMILES string of the molecule is CC(=O)O/C(C(C)=O)=C(\O[Si](C)(C)C)c1ccccc1. The average molecular weight is 292 g/mol. The lowest BCUT2D eigenvalue weighted by Gasteiger charge is -2.23. The molecule has 0 heterocycles. The molecule has 0 aliphatic carbocycles. The molecular weight excluding hydrogens is 272 g/mol. The maximum absolute atomic E-state index is 11.8. The van der Waals surface area contributed by atoms with Crippen LogP contribution >= 0.6 is 0 Å². The van der Waals surface area contributed by atoms with E-state index in [1.54, 1.807) is 0 Å².